The van der Waals surface area contributed by atoms with Gasteiger partial charge in [0.2, 0.25) is 0 Å². The van der Waals surface area contributed by atoms with E-state index in [1.54, 1.807) is 24.5 Å². The Hall–Kier alpha value is -1.48. The van der Waals surface area contributed by atoms with Crippen LogP contribution >= 0.6 is 11.6 Å². The second-order valence-electron chi connectivity index (χ2n) is 2.49. The summed E-state index contributed by atoms with van der Waals surface area (Å²) in [5.74, 6) is 1.37. The zero-order chi connectivity index (χ0) is 9.10. The van der Waals surface area contributed by atoms with E-state index in [0.29, 0.717) is 16.5 Å². The maximum Gasteiger partial charge on any atom is 0.165 e. The molecule has 0 amide bonds. The fourth-order valence-corrected chi connectivity index (χ4v) is 1.14. The van der Waals surface area contributed by atoms with Crippen molar-refractivity contribution in [3.05, 3.63) is 41.7 Å². The highest BCUT2D eigenvalue weighted by atomic mass is 35.5. The molecule has 0 radical (unpaired) electrons. The number of rotatable bonds is 2. The molecule has 4 heteroatoms. The molecule has 0 fully saturated rings. The van der Waals surface area contributed by atoms with E-state index in [1.165, 1.54) is 0 Å². The Balaban J connectivity index is 2.19. The molecule has 1 aromatic carbocycles. The summed E-state index contributed by atoms with van der Waals surface area (Å²) in [6.07, 6.45) is 3.27. The van der Waals surface area contributed by atoms with Crippen LogP contribution < -0.4 is 4.74 Å². The molecule has 0 aliphatic heterocycles. The SMILES string of the molecule is Clc1cccc(Oc2cn[nH]c2)c1. The number of nitrogens with zero attached hydrogens (tertiary/aromatic N) is 1. The second kappa shape index (κ2) is 3.49. The van der Waals surface area contributed by atoms with E-state index in [2.05, 4.69) is 10.2 Å². The smallest absolute Gasteiger partial charge is 0.165 e. The number of ether oxygens (including phenoxy) is 1. The van der Waals surface area contributed by atoms with E-state index in [9.17, 15) is 0 Å². The maximum absolute atomic E-state index is 5.78. The minimum absolute atomic E-state index is 0.654. The van der Waals surface area contributed by atoms with Crippen molar-refractivity contribution in [2.75, 3.05) is 0 Å². The lowest BCUT2D eigenvalue weighted by atomic mass is 10.3. The van der Waals surface area contributed by atoms with Gasteiger partial charge in [-0.15, -0.1) is 0 Å². The van der Waals surface area contributed by atoms with E-state index in [1.807, 2.05) is 12.1 Å². The summed E-state index contributed by atoms with van der Waals surface area (Å²) in [7, 11) is 0. The van der Waals surface area contributed by atoms with Gasteiger partial charge < -0.3 is 4.74 Å². The van der Waals surface area contributed by atoms with Gasteiger partial charge in [-0.05, 0) is 18.2 Å². The van der Waals surface area contributed by atoms with E-state index in [0.717, 1.165) is 0 Å². The van der Waals surface area contributed by atoms with Crippen LogP contribution in [0, 0.1) is 0 Å². The van der Waals surface area contributed by atoms with Crippen molar-refractivity contribution in [3.63, 3.8) is 0 Å². The molecular formula is C9H7ClN2O. The van der Waals surface area contributed by atoms with Crippen molar-refractivity contribution in [3.8, 4) is 11.5 Å². The Morgan fingerprint density at radius 3 is 2.92 bits per heavy atom. The number of halogens is 1. The van der Waals surface area contributed by atoms with E-state index in [4.69, 9.17) is 16.3 Å². The topological polar surface area (TPSA) is 37.9 Å². The third-order valence-electron chi connectivity index (χ3n) is 1.50. The van der Waals surface area contributed by atoms with Gasteiger partial charge in [-0.3, -0.25) is 5.10 Å². The van der Waals surface area contributed by atoms with Gasteiger partial charge in [-0.1, -0.05) is 17.7 Å². The van der Waals surface area contributed by atoms with Crippen LogP contribution in [0.5, 0.6) is 11.5 Å². The summed E-state index contributed by atoms with van der Waals surface area (Å²) in [5, 5.41) is 7.07. The van der Waals surface area contributed by atoms with Gasteiger partial charge in [0.1, 0.15) is 5.75 Å². The quantitative estimate of drug-likeness (QED) is 0.798. The minimum Gasteiger partial charge on any atom is -0.454 e. The Bertz CT molecular complexity index is 386. The van der Waals surface area contributed by atoms with Crippen molar-refractivity contribution < 1.29 is 4.74 Å². The summed E-state index contributed by atoms with van der Waals surface area (Å²) in [4.78, 5) is 0. The first-order valence-electron chi connectivity index (χ1n) is 3.77. The highest BCUT2D eigenvalue weighted by Gasteiger charge is 1.97. The molecule has 0 aliphatic carbocycles. The maximum atomic E-state index is 5.78. The van der Waals surface area contributed by atoms with Gasteiger partial charge in [0.15, 0.2) is 5.75 Å². The van der Waals surface area contributed by atoms with Crippen molar-refractivity contribution in [2.24, 2.45) is 0 Å². The largest absolute Gasteiger partial charge is 0.454 e. The number of hydrogen-bond donors (Lipinski definition) is 1. The molecule has 0 unspecified atom stereocenters. The van der Waals surface area contributed by atoms with Crippen LogP contribution in [0.1, 0.15) is 0 Å². The first kappa shape index (κ1) is 8.13. The van der Waals surface area contributed by atoms with Crippen LogP contribution in [-0.4, -0.2) is 10.2 Å². The van der Waals surface area contributed by atoms with Gasteiger partial charge in [-0.2, -0.15) is 5.10 Å². The first-order valence-corrected chi connectivity index (χ1v) is 4.14. The molecule has 2 rings (SSSR count). The van der Waals surface area contributed by atoms with E-state index < -0.39 is 0 Å². The second-order valence-corrected chi connectivity index (χ2v) is 2.93. The molecule has 0 bridgehead atoms. The van der Waals surface area contributed by atoms with Crippen LogP contribution in [0.4, 0.5) is 0 Å². The molecule has 1 heterocycles. The summed E-state index contributed by atoms with van der Waals surface area (Å²) in [6.45, 7) is 0. The number of hydrogen-bond acceptors (Lipinski definition) is 2. The first-order chi connectivity index (χ1) is 6.34. The zero-order valence-corrected chi connectivity index (χ0v) is 7.45. The molecule has 0 saturated carbocycles. The molecule has 0 atom stereocenters. The molecular weight excluding hydrogens is 188 g/mol. The highest BCUT2D eigenvalue weighted by molar-refractivity contribution is 6.30. The van der Waals surface area contributed by atoms with Crippen LogP contribution in [0.2, 0.25) is 5.02 Å². The molecule has 13 heavy (non-hydrogen) atoms. The minimum atomic E-state index is 0.654. The van der Waals surface area contributed by atoms with Crippen LogP contribution in [0.15, 0.2) is 36.7 Å². The third-order valence-corrected chi connectivity index (χ3v) is 1.74. The van der Waals surface area contributed by atoms with E-state index in [-0.39, 0.29) is 0 Å². The number of aromatic amines is 1. The molecule has 3 nitrogen and oxygen atoms in total. The van der Waals surface area contributed by atoms with E-state index >= 15 is 0 Å². The lowest BCUT2D eigenvalue weighted by Crippen LogP contribution is -1.80. The Morgan fingerprint density at radius 1 is 1.31 bits per heavy atom. The molecule has 2 aromatic rings. The molecule has 66 valence electrons. The standard InChI is InChI=1S/C9H7ClN2O/c10-7-2-1-3-8(4-7)13-9-5-11-12-6-9/h1-6H,(H,11,12). The number of nitrogens with one attached hydrogen (secondary N) is 1. The molecule has 1 N–H and O–H groups in total. The summed E-state index contributed by atoms with van der Waals surface area (Å²) >= 11 is 5.78. The van der Waals surface area contributed by atoms with Crippen molar-refractivity contribution >= 4 is 11.6 Å². The molecule has 1 aromatic heterocycles. The Labute approximate surface area is 80.3 Å². The third kappa shape index (κ3) is 2.00. The van der Waals surface area contributed by atoms with Gasteiger partial charge in [-0.25, -0.2) is 0 Å². The monoisotopic (exact) mass is 194 g/mol. The predicted molar refractivity (Wildman–Crippen MR) is 50.1 cm³/mol. The van der Waals surface area contributed by atoms with Crippen LogP contribution in [0.25, 0.3) is 0 Å². The number of H-pyrrole nitrogens is 1. The average Bonchev–Trinajstić information content (AvgIpc) is 2.57. The van der Waals surface area contributed by atoms with Crippen LogP contribution in [-0.2, 0) is 0 Å². The van der Waals surface area contributed by atoms with Crippen LogP contribution in [0.3, 0.4) is 0 Å². The van der Waals surface area contributed by atoms with Gasteiger partial charge in [0.05, 0.1) is 12.4 Å². The normalized spacial score (nSPS) is 9.92. The van der Waals surface area contributed by atoms with Gasteiger partial charge in [0, 0.05) is 5.02 Å². The number of aromatic nitrogens is 2. The van der Waals surface area contributed by atoms with Crippen molar-refractivity contribution in [1.82, 2.24) is 10.2 Å². The lowest BCUT2D eigenvalue weighted by molar-refractivity contribution is 0.483. The Kier molecular flexibility index (Phi) is 2.19. The Morgan fingerprint density at radius 2 is 2.23 bits per heavy atom. The highest BCUT2D eigenvalue weighted by Crippen LogP contribution is 2.22. The van der Waals surface area contributed by atoms with Gasteiger partial charge in [0.25, 0.3) is 0 Å². The van der Waals surface area contributed by atoms with Crippen molar-refractivity contribution in [2.45, 2.75) is 0 Å². The molecule has 0 saturated heterocycles. The summed E-state index contributed by atoms with van der Waals surface area (Å²) in [5.41, 5.74) is 0. The number of benzene rings is 1. The summed E-state index contributed by atoms with van der Waals surface area (Å²) < 4.78 is 5.42. The average molecular weight is 195 g/mol. The lowest BCUT2D eigenvalue weighted by Gasteiger charge is -2.01. The zero-order valence-electron chi connectivity index (χ0n) is 6.70. The van der Waals surface area contributed by atoms with Crippen molar-refractivity contribution in [1.29, 1.82) is 0 Å². The molecule has 0 aliphatic rings. The van der Waals surface area contributed by atoms with Gasteiger partial charge >= 0.3 is 0 Å². The fraction of sp³-hybridized carbons (Fsp3) is 0. The fourth-order valence-electron chi connectivity index (χ4n) is 0.961. The predicted octanol–water partition coefficient (Wildman–Crippen LogP) is 2.86. The summed E-state index contributed by atoms with van der Waals surface area (Å²) in [6, 6.07) is 7.20. The molecule has 0 spiro atoms.